The van der Waals surface area contributed by atoms with Crippen molar-refractivity contribution in [2.75, 3.05) is 0 Å². The number of rotatable bonds is 5. The zero-order chi connectivity index (χ0) is 10.6. The van der Waals surface area contributed by atoms with Gasteiger partial charge in [-0.1, -0.05) is 26.7 Å². The number of nitrogens with zero attached hydrogens (tertiary/aromatic N) is 1. The molecular formula is C11H23N3. The minimum atomic E-state index is 0.437. The molecule has 1 saturated carbocycles. The highest BCUT2D eigenvalue weighted by Gasteiger charge is 2.21. The maximum atomic E-state index is 5.80. The Balaban J connectivity index is 2.33. The molecule has 0 saturated heterocycles. The topological polar surface area (TPSA) is 50.4 Å². The van der Waals surface area contributed by atoms with Gasteiger partial charge in [-0.15, -0.1) is 0 Å². The van der Waals surface area contributed by atoms with Crippen LogP contribution in [0.2, 0.25) is 0 Å². The lowest BCUT2D eigenvalue weighted by molar-refractivity contribution is 0.390. The predicted molar refractivity (Wildman–Crippen MR) is 61.3 cm³/mol. The minimum Gasteiger partial charge on any atom is -0.370 e. The van der Waals surface area contributed by atoms with Crippen molar-refractivity contribution >= 4 is 5.96 Å². The van der Waals surface area contributed by atoms with Crippen LogP contribution in [0.25, 0.3) is 0 Å². The van der Waals surface area contributed by atoms with Gasteiger partial charge < -0.3 is 11.1 Å². The van der Waals surface area contributed by atoms with Crippen LogP contribution in [0.3, 0.4) is 0 Å². The third-order valence-electron chi connectivity index (χ3n) is 3.00. The van der Waals surface area contributed by atoms with Crippen molar-refractivity contribution in [2.45, 2.75) is 58.5 Å². The summed E-state index contributed by atoms with van der Waals surface area (Å²) in [6.07, 6.45) is 4.81. The van der Waals surface area contributed by atoms with Crippen molar-refractivity contribution < 1.29 is 0 Å². The van der Waals surface area contributed by atoms with E-state index in [1.165, 1.54) is 25.7 Å². The van der Waals surface area contributed by atoms with E-state index >= 15 is 0 Å². The quantitative estimate of drug-likeness (QED) is 0.522. The molecule has 0 aliphatic heterocycles. The fraction of sp³-hybridized carbons (Fsp3) is 0.909. The lowest BCUT2D eigenvalue weighted by atomic mass is 9.96. The summed E-state index contributed by atoms with van der Waals surface area (Å²) in [5.41, 5.74) is 5.80. The molecule has 0 aromatic rings. The van der Waals surface area contributed by atoms with Crippen LogP contribution in [-0.4, -0.2) is 18.0 Å². The zero-order valence-corrected chi connectivity index (χ0v) is 9.59. The summed E-state index contributed by atoms with van der Waals surface area (Å²) in [5, 5.41) is 3.28. The molecule has 1 aliphatic carbocycles. The van der Waals surface area contributed by atoms with Crippen molar-refractivity contribution in [2.24, 2.45) is 16.6 Å². The zero-order valence-electron chi connectivity index (χ0n) is 9.59. The highest BCUT2D eigenvalue weighted by molar-refractivity contribution is 5.78. The average Bonchev–Trinajstić information content (AvgIpc) is 2.90. The van der Waals surface area contributed by atoms with Crippen LogP contribution in [0.15, 0.2) is 4.99 Å². The summed E-state index contributed by atoms with van der Waals surface area (Å²) in [6, 6.07) is 0.948. The summed E-state index contributed by atoms with van der Waals surface area (Å²) in [5.74, 6) is 1.33. The monoisotopic (exact) mass is 197 g/mol. The molecule has 1 rings (SSSR count). The van der Waals surface area contributed by atoms with Crippen molar-refractivity contribution in [3.8, 4) is 0 Å². The third-order valence-corrected chi connectivity index (χ3v) is 3.00. The second-order valence-corrected chi connectivity index (χ2v) is 4.26. The van der Waals surface area contributed by atoms with Crippen LogP contribution in [0.4, 0.5) is 0 Å². The van der Waals surface area contributed by atoms with E-state index in [9.17, 15) is 0 Å². The van der Waals surface area contributed by atoms with Crippen LogP contribution in [0.5, 0.6) is 0 Å². The van der Waals surface area contributed by atoms with Crippen LogP contribution in [-0.2, 0) is 0 Å². The van der Waals surface area contributed by atoms with E-state index in [0.29, 0.717) is 24.0 Å². The SMILES string of the molecule is CCC(CC)C(C)NC(N)=NC1CC1. The first-order valence-electron chi connectivity index (χ1n) is 5.77. The predicted octanol–water partition coefficient (Wildman–Crippen LogP) is 1.88. The van der Waals surface area contributed by atoms with E-state index in [4.69, 9.17) is 5.73 Å². The Kier molecular flexibility index (Phi) is 4.23. The molecule has 0 spiro atoms. The van der Waals surface area contributed by atoms with Crippen LogP contribution < -0.4 is 11.1 Å². The number of hydrogen-bond acceptors (Lipinski definition) is 1. The molecule has 0 aromatic carbocycles. The molecule has 0 radical (unpaired) electrons. The van der Waals surface area contributed by atoms with Gasteiger partial charge in [0.05, 0.1) is 6.04 Å². The van der Waals surface area contributed by atoms with Gasteiger partial charge >= 0.3 is 0 Å². The molecule has 0 heterocycles. The number of hydrogen-bond donors (Lipinski definition) is 2. The molecule has 1 unspecified atom stereocenters. The third kappa shape index (κ3) is 3.56. The summed E-state index contributed by atoms with van der Waals surface area (Å²) >= 11 is 0. The smallest absolute Gasteiger partial charge is 0.189 e. The Labute approximate surface area is 87.2 Å². The van der Waals surface area contributed by atoms with E-state index in [1.54, 1.807) is 0 Å². The maximum absolute atomic E-state index is 5.80. The molecule has 0 aromatic heterocycles. The first-order valence-corrected chi connectivity index (χ1v) is 5.77. The second-order valence-electron chi connectivity index (χ2n) is 4.26. The fourth-order valence-corrected chi connectivity index (χ4v) is 1.78. The molecule has 14 heavy (non-hydrogen) atoms. The highest BCUT2D eigenvalue weighted by atomic mass is 15.1. The Hall–Kier alpha value is -0.730. The van der Waals surface area contributed by atoms with Crippen molar-refractivity contribution in [1.82, 2.24) is 5.32 Å². The standard InChI is InChI=1S/C11H23N3/c1-4-9(5-2)8(3)13-11(12)14-10-6-7-10/h8-10H,4-7H2,1-3H3,(H3,12,13,14). The van der Waals surface area contributed by atoms with Gasteiger partial charge in [-0.25, -0.2) is 0 Å². The van der Waals surface area contributed by atoms with Crippen molar-refractivity contribution in [3.05, 3.63) is 0 Å². The molecular weight excluding hydrogens is 174 g/mol. The van der Waals surface area contributed by atoms with Gasteiger partial charge in [0.25, 0.3) is 0 Å². The first kappa shape index (κ1) is 11.3. The van der Waals surface area contributed by atoms with Crippen molar-refractivity contribution in [1.29, 1.82) is 0 Å². The number of guanidine groups is 1. The first-order chi connectivity index (χ1) is 6.67. The van der Waals surface area contributed by atoms with E-state index in [-0.39, 0.29) is 0 Å². The summed E-state index contributed by atoms with van der Waals surface area (Å²) in [4.78, 5) is 4.36. The van der Waals surface area contributed by atoms with Crippen LogP contribution in [0.1, 0.15) is 46.5 Å². The lowest BCUT2D eigenvalue weighted by Gasteiger charge is -2.22. The molecule has 1 fully saturated rings. The molecule has 82 valence electrons. The Morgan fingerprint density at radius 1 is 1.43 bits per heavy atom. The molecule has 0 amide bonds. The molecule has 1 atom stereocenters. The number of nitrogens with two attached hydrogens (primary N) is 1. The Morgan fingerprint density at radius 2 is 2.00 bits per heavy atom. The van der Waals surface area contributed by atoms with Gasteiger partial charge in [0.1, 0.15) is 0 Å². The van der Waals surface area contributed by atoms with E-state index in [2.05, 4.69) is 31.1 Å². The van der Waals surface area contributed by atoms with Gasteiger partial charge in [-0.3, -0.25) is 4.99 Å². The molecule has 3 N–H and O–H groups in total. The van der Waals surface area contributed by atoms with Gasteiger partial charge in [0.2, 0.25) is 0 Å². The summed E-state index contributed by atoms with van der Waals surface area (Å²) < 4.78 is 0. The normalized spacial score (nSPS) is 19.9. The molecule has 3 nitrogen and oxygen atoms in total. The van der Waals surface area contributed by atoms with Crippen LogP contribution >= 0.6 is 0 Å². The average molecular weight is 197 g/mol. The largest absolute Gasteiger partial charge is 0.370 e. The summed E-state index contributed by atoms with van der Waals surface area (Å²) in [6.45, 7) is 6.63. The highest BCUT2D eigenvalue weighted by Crippen LogP contribution is 2.23. The Morgan fingerprint density at radius 3 is 2.43 bits per heavy atom. The molecule has 3 heteroatoms. The van der Waals surface area contributed by atoms with Gasteiger partial charge in [-0.2, -0.15) is 0 Å². The van der Waals surface area contributed by atoms with Gasteiger partial charge in [0, 0.05) is 6.04 Å². The molecule has 0 bridgehead atoms. The van der Waals surface area contributed by atoms with Crippen molar-refractivity contribution in [3.63, 3.8) is 0 Å². The van der Waals surface area contributed by atoms with Gasteiger partial charge in [0.15, 0.2) is 5.96 Å². The van der Waals surface area contributed by atoms with Gasteiger partial charge in [-0.05, 0) is 25.7 Å². The Bertz CT molecular complexity index is 193. The minimum absolute atomic E-state index is 0.437. The van der Waals surface area contributed by atoms with E-state index < -0.39 is 0 Å². The molecule has 1 aliphatic rings. The maximum Gasteiger partial charge on any atom is 0.189 e. The second kappa shape index (κ2) is 5.23. The summed E-state index contributed by atoms with van der Waals surface area (Å²) in [7, 11) is 0. The number of nitrogens with one attached hydrogen (secondary N) is 1. The van der Waals surface area contributed by atoms with Crippen LogP contribution in [0, 0.1) is 5.92 Å². The fourth-order valence-electron chi connectivity index (χ4n) is 1.78. The number of aliphatic imine (C=N–C) groups is 1. The van der Waals surface area contributed by atoms with E-state index in [1.807, 2.05) is 0 Å². The van der Waals surface area contributed by atoms with E-state index in [0.717, 1.165) is 0 Å². The lowest BCUT2D eigenvalue weighted by Crippen LogP contribution is -2.42.